The summed E-state index contributed by atoms with van der Waals surface area (Å²) in [6.07, 6.45) is 1.82. The molecule has 0 aromatic heterocycles. The van der Waals surface area contributed by atoms with Crippen molar-refractivity contribution in [3.8, 4) is 5.75 Å². The van der Waals surface area contributed by atoms with E-state index in [-0.39, 0.29) is 12.5 Å². The predicted octanol–water partition coefficient (Wildman–Crippen LogP) is 1.95. The summed E-state index contributed by atoms with van der Waals surface area (Å²) in [6.45, 7) is 4.39. The number of carbonyl (C=O) groups excluding carboxylic acids is 1. The first-order valence-corrected chi connectivity index (χ1v) is 6.74. The molecule has 1 aromatic carbocycles. The van der Waals surface area contributed by atoms with Gasteiger partial charge in [-0.3, -0.25) is 4.79 Å². The number of amides is 1. The zero-order chi connectivity index (χ0) is 13.8. The predicted molar refractivity (Wildman–Crippen MR) is 73.0 cm³/mol. The molecule has 1 aliphatic carbocycles. The van der Waals surface area contributed by atoms with E-state index in [4.69, 9.17) is 4.74 Å². The highest BCUT2D eigenvalue weighted by Crippen LogP contribution is 2.28. The maximum absolute atomic E-state index is 11.6. The van der Waals surface area contributed by atoms with Crippen LogP contribution in [0.2, 0.25) is 0 Å². The molecule has 0 heterocycles. The third-order valence-electron chi connectivity index (χ3n) is 3.26. The summed E-state index contributed by atoms with van der Waals surface area (Å²) in [4.78, 5) is 11.6. The summed E-state index contributed by atoms with van der Waals surface area (Å²) in [5, 5.41) is 12.5. The summed E-state index contributed by atoms with van der Waals surface area (Å²) in [5.41, 5.74) is 1.77. The lowest BCUT2D eigenvalue weighted by atomic mass is 10.1. The highest BCUT2D eigenvalue weighted by Gasteiger charge is 2.21. The van der Waals surface area contributed by atoms with E-state index in [1.165, 1.54) is 12.8 Å². The molecule has 2 rings (SSSR count). The second kappa shape index (κ2) is 6.06. The van der Waals surface area contributed by atoms with Gasteiger partial charge in [-0.2, -0.15) is 0 Å². The number of aryl methyl sites for hydroxylation is 1. The molecule has 1 fully saturated rings. The summed E-state index contributed by atoms with van der Waals surface area (Å²) < 4.78 is 5.50. The lowest BCUT2D eigenvalue weighted by Crippen LogP contribution is -2.30. The van der Waals surface area contributed by atoms with Crippen molar-refractivity contribution in [2.24, 2.45) is 5.92 Å². The zero-order valence-electron chi connectivity index (χ0n) is 11.5. The monoisotopic (exact) mass is 263 g/mol. The Labute approximate surface area is 113 Å². The largest absolute Gasteiger partial charge is 0.483 e. The molecule has 104 valence electrons. The van der Waals surface area contributed by atoms with Crippen LogP contribution in [0.3, 0.4) is 0 Å². The summed E-state index contributed by atoms with van der Waals surface area (Å²) >= 11 is 0. The second-order valence-electron chi connectivity index (χ2n) is 5.25. The van der Waals surface area contributed by atoms with Crippen LogP contribution < -0.4 is 10.1 Å². The number of aliphatic hydroxyl groups is 1. The van der Waals surface area contributed by atoms with Gasteiger partial charge in [-0.25, -0.2) is 0 Å². The topological polar surface area (TPSA) is 58.6 Å². The fourth-order valence-electron chi connectivity index (χ4n) is 1.90. The van der Waals surface area contributed by atoms with Gasteiger partial charge in [0.25, 0.3) is 5.91 Å². The fraction of sp³-hybridized carbons (Fsp3) is 0.533. The van der Waals surface area contributed by atoms with Crippen molar-refractivity contribution in [1.29, 1.82) is 0 Å². The van der Waals surface area contributed by atoms with E-state index in [9.17, 15) is 9.90 Å². The van der Waals surface area contributed by atoms with Gasteiger partial charge < -0.3 is 15.2 Å². The number of benzene rings is 1. The number of aliphatic hydroxyl groups excluding tert-OH is 1. The second-order valence-corrected chi connectivity index (χ2v) is 5.25. The van der Waals surface area contributed by atoms with Crippen molar-refractivity contribution >= 4 is 5.91 Å². The number of rotatable bonds is 6. The minimum Gasteiger partial charge on any atom is -0.483 e. The normalized spacial score (nSPS) is 15.9. The Morgan fingerprint density at radius 2 is 2.26 bits per heavy atom. The number of hydrogen-bond donors (Lipinski definition) is 2. The summed E-state index contributed by atoms with van der Waals surface area (Å²) in [6, 6.07) is 5.58. The smallest absolute Gasteiger partial charge is 0.257 e. The van der Waals surface area contributed by atoms with Crippen molar-refractivity contribution in [1.82, 2.24) is 5.32 Å². The van der Waals surface area contributed by atoms with Gasteiger partial charge in [0.2, 0.25) is 0 Å². The van der Waals surface area contributed by atoms with Gasteiger partial charge in [-0.15, -0.1) is 0 Å². The van der Waals surface area contributed by atoms with Gasteiger partial charge in [-0.05, 0) is 44.7 Å². The molecule has 1 aliphatic rings. The number of hydrogen-bond acceptors (Lipinski definition) is 3. The Kier molecular flexibility index (Phi) is 4.43. The van der Waals surface area contributed by atoms with E-state index in [1.54, 1.807) is 13.0 Å². The van der Waals surface area contributed by atoms with Crippen molar-refractivity contribution in [2.45, 2.75) is 32.8 Å². The third-order valence-corrected chi connectivity index (χ3v) is 3.26. The van der Waals surface area contributed by atoms with Crippen LogP contribution in [-0.4, -0.2) is 24.2 Å². The minimum atomic E-state index is -0.607. The third kappa shape index (κ3) is 4.24. The Balaban J connectivity index is 1.88. The van der Waals surface area contributed by atoms with Gasteiger partial charge in [-0.1, -0.05) is 11.6 Å². The Hall–Kier alpha value is -1.55. The number of nitrogens with one attached hydrogen (secondary N) is 1. The molecule has 0 spiro atoms. The van der Waals surface area contributed by atoms with E-state index in [0.717, 1.165) is 17.7 Å². The van der Waals surface area contributed by atoms with E-state index < -0.39 is 6.10 Å². The molecule has 0 aliphatic heterocycles. The number of carbonyl (C=O) groups is 1. The molecule has 4 nitrogen and oxygen atoms in total. The SMILES string of the molecule is Cc1ccc(OCC(=O)NCC2CC2)c([C@@H](C)O)c1. The molecule has 1 saturated carbocycles. The molecule has 1 atom stereocenters. The molecule has 2 N–H and O–H groups in total. The number of ether oxygens (including phenoxy) is 1. The van der Waals surface area contributed by atoms with E-state index in [2.05, 4.69) is 5.32 Å². The average molecular weight is 263 g/mol. The summed E-state index contributed by atoms with van der Waals surface area (Å²) in [5.74, 6) is 1.13. The molecule has 0 radical (unpaired) electrons. The maximum Gasteiger partial charge on any atom is 0.257 e. The molecule has 1 amide bonds. The van der Waals surface area contributed by atoms with Gasteiger partial charge in [0, 0.05) is 12.1 Å². The van der Waals surface area contributed by atoms with Gasteiger partial charge in [0.1, 0.15) is 5.75 Å². The van der Waals surface area contributed by atoms with Crippen LogP contribution in [0, 0.1) is 12.8 Å². The lowest BCUT2D eigenvalue weighted by Gasteiger charge is -2.14. The maximum atomic E-state index is 11.6. The van der Waals surface area contributed by atoms with Crippen LogP contribution >= 0.6 is 0 Å². The van der Waals surface area contributed by atoms with Gasteiger partial charge >= 0.3 is 0 Å². The van der Waals surface area contributed by atoms with Gasteiger partial charge in [0.15, 0.2) is 6.61 Å². The van der Waals surface area contributed by atoms with Crippen molar-refractivity contribution in [3.63, 3.8) is 0 Å². The van der Waals surface area contributed by atoms with Crippen molar-refractivity contribution < 1.29 is 14.6 Å². The van der Waals surface area contributed by atoms with Crippen molar-refractivity contribution in [3.05, 3.63) is 29.3 Å². The van der Waals surface area contributed by atoms with Gasteiger partial charge in [0.05, 0.1) is 6.10 Å². The fourth-order valence-corrected chi connectivity index (χ4v) is 1.90. The minimum absolute atomic E-state index is 0.00446. The van der Waals surface area contributed by atoms with Crippen LogP contribution in [0.5, 0.6) is 5.75 Å². The molecular weight excluding hydrogens is 242 g/mol. The van der Waals surface area contributed by atoms with Crippen molar-refractivity contribution in [2.75, 3.05) is 13.2 Å². The van der Waals surface area contributed by atoms with E-state index in [0.29, 0.717) is 11.7 Å². The van der Waals surface area contributed by atoms with Crippen LogP contribution in [0.15, 0.2) is 18.2 Å². The quantitative estimate of drug-likeness (QED) is 0.824. The Morgan fingerprint density at radius 3 is 2.89 bits per heavy atom. The van der Waals surface area contributed by atoms with Crippen LogP contribution in [0.25, 0.3) is 0 Å². The van der Waals surface area contributed by atoms with E-state index >= 15 is 0 Å². The lowest BCUT2D eigenvalue weighted by molar-refractivity contribution is -0.123. The molecule has 0 unspecified atom stereocenters. The molecule has 0 saturated heterocycles. The van der Waals surface area contributed by atoms with E-state index in [1.807, 2.05) is 19.1 Å². The zero-order valence-corrected chi connectivity index (χ0v) is 11.5. The first-order chi connectivity index (χ1) is 9.06. The molecule has 0 bridgehead atoms. The highest BCUT2D eigenvalue weighted by molar-refractivity contribution is 5.77. The first kappa shape index (κ1) is 13.9. The Bertz CT molecular complexity index is 453. The molecule has 4 heteroatoms. The first-order valence-electron chi connectivity index (χ1n) is 6.74. The van der Waals surface area contributed by atoms with Crippen LogP contribution in [0.1, 0.15) is 37.0 Å². The molecule has 19 heavy (non-hydrogen) atoms. The standard InChI is InChI=1S/C15H21NO3/c1-10-3-6-14(13(7-10)11(2)17)19-9-15(18)16-8-12-4-5-12/h3,6-7,11-12,17H,4-5,8-9H2,1-2H3,(H,16,18)/t11-/m1/s1. The van der Waals surface area contributed by atoms with Crippen LogP contribution in [0.4, 0.5) is 0 Å². The van der Waals surface area contributed by atoms with Crippen LogP contribution in [-0.2, 0) is 4.79 Å². The average Bonchev–Trinajstić information content (AvgIpc) is 3.18. The molecular formula is C15H21NO3. The Morgan fingerprint density at radius 1 is 1.53 bits per heavy atom. The highest BCUT2D eigenvalue weighted by atomic mass is 16.5. The molecule has 1 aromatic rings. The summed E-state index contributed by atoms with van der Waals surface area (Å²) in [7, 11) is 0.